The molecule has 2 radical (unpaired) electrons. The molecule has 1 aromatic carbocycles. The van der Waals surface area contributed by atoms with Gasteiger partial charge in [-0.05, 0) is 12.1 Å². The topological polar surface area (TPSA) is 24.1 Å². The highest BCUT2D eigenvalue weighted by atomic mass is 32.1. The average molecular weight is 194 g/mol. The molecular weight excluding hydrogens is 188 g/mol. The molecule has 0 saturated carbocycles. The Morgan fingerprint density at radius 3 is 1.67 bits per heavy atom. The first-order chi connectivity index (χ1) is 5.88. The summed E-state index contributed by atoms with van der Waals surface area (Å²) in [5.41, 5.74) is 6.50. The van der Waals surface area contributed by atoms with Crippen LogP contribution in [-0.2, 0) is 0 Å². The number of hydrogen-bond acceptors (Lipinski definition) is 2. The van der Waals surface area contributed by atoms with E-state index in [-0.39, 0.29) is 0 Å². The van der Waals surface area contributed by atoms with Crippen molar-refractivity contribution in [2.45, 2.75) is 0 Å². The molecule has 0 aliphatic rings. The molecule has 0 aliphatic carbocycles. The van der Waals surface area contributed by atoms with Crippen LogP contribution in [0.3, 0.4) is 0 Å². The van der Waals surface area contributed by atoms with Gasteiger partial charge in [0.15, 0.2) is 0 Å². The maximum atomic E-state index is 4.54. The van der Waals surface area contributed by atoms with Crippen molar-refractivity contribution in [3.8, 4) is 0 Å². The Kier molecular flexibility index (Phi) is 3.63. The Balaban J connectivity index is 2.90. The lowest BCUT2D eigenvalue weighted by atomic mass is 10.3. The van der Waals surface area contributed by atoms with Gasteiger partial charge in [0.2, 0.25) is 0 Å². The van der Waals surface area contributed by atoms with Gasteiger partial charge in [-0.3, -0.25) is 0 Å². The maximum absolute atomic E-state index is 4.54. The summed E-state index contributed by atoms with van der Waals surface area (Å²) in [4.78, 5) is 0. The molecular formula is C8H6N2S2. The van der Waals surface area contributed by atoms with Crippen molar-refractivity contribution in [1.82, 2.24) is 0 Å². The predicted octanol–water partition coefficient (Wildman–Crippen LogP) is 2.18. The second-order valence-electron chi connectivity index (χ2n) is 2.00. The van der Waals surface area contributed by atoms with Gasteiger partial charge in [0, 0.05) is 0 Å². The summed E-state index contributed by atoms with van der Waals surface area (Å²) >= 11 is 9.08. The van der Waals surface area contributed by atoms with Gasteiger partial charge < -0.3 is 10.6 Å². The van der Waals surface area contributed by atoms with Gasteiger partial charge in [-0.15, -0.1) is 0 Å². The van der Waals surface area contributed by atoms with Crippen molar-refractivity contribution in [3.05, 3.63) is 24.3 Å². The number of para-hydroxylation sites is 2. The molecule has 0 unspecified atom stereocenters. The minimum Gasteiger partial charge on any atom is -0.342 e. The summed E-state index contributed by atoms with van der Waals surface area (Å²) in [7, 11) is 0. The lowest BCUT2D eigenvalue weighted by Crippen LogP contribution is -1.99. The fourth-order valence-electron chi connectivity index (χ4n) is 0.811. The van der Waals surface area contributed by atoms with Crippen LogP contribution < -0.4 is 10.6 Å². The maximum Gasteiger partial charge on any atom is 0.138 e. The fraction of sp³-hybridized carbons (Fsp3) is 0. The highest BCUT2D eigenvalue weighted by Crippen LogP contribution is 2.19. The largest absolute Gasteiger partial charge is 0.342 e. The van der Waals surface area contributed by atoms with E-state index >= 15 is 0 Å². The van der Waals surface area contributed by atoms with E-state index in [4.69, 9.17) is 0 Å². The highest BCUT2D eigenvalue weighted by Gasteiger charge is 1.96. The lowest BCUT2D eigenvalue weighted by molar-refractivity contribution is 1.63. The summed E-state index contributed by atoms with van der Waals surface area (Å²) in [6, 6.07) is 7.52. The molecule has 2 N–H and O–H groups in total. The molecule has 60 valence electrons. The van der Waals surface area contributed by atoms with Crippen LogP contribution in [0.2, 0.25) is 0 Å². The Bertz CT molecular complexity index is 257. The smallest absolute Gasteiger partial charge is 0.138 e. The average Bonchev–Trinajstić information content (AvgIpc) is 2.09. The monoisotopic (exact) mass is 194 g/mol. The summed E-state index contributed by atoms with van der Waals surface area (Å²) in [6.45, 7) is 0. The Labute approximate surface area is 82.0 Å². The van der Waals surface area contributed by atoms with Crippen molar-refractivity contribution < 1.29 is 0 Å². The van der Waals surface area contributed by atoms with E-state index in [1.54, 1.807) is 0 Å². The molecule has 0 bridgehead atoms. The molecule has 0 atom stereocenters. The molecule has 4 heteroatoms. The van der Waals surface area contributed by atoms with E-state index in [1.807, 2.05) is 24.3 Å². The van der Waals surface area contributed by atoms with Crippen LogP contribution in [-0.4, -0.2) is 11.0 Å². The van der Waals surface area contributed by atoms with Crippen molar-refractivity contribution in [2.24, 2.45) is 0 Å². The first-order valence-corrected chi connectivity index (χ1v) is 4.05. The third-order valence-corrected chi connectivity index (χ3v) is 1.50. The zero-order chi connectivity index (χ0) is 8.81. The van der Waals surface area contributed by atoms with Crippen LogP contribution in [0.5, 0.6) is 0 Å². The molecule has 1 rings (SSSR count). The van der Waals surface area contributed by atoms with Gasteiger partial charge in [0.1, 0.15) is 11.0 Å². The Morgan fingerprint density at radius 2 is 1.33 bits per heavy atom. The molecule has 1 aromatic rings. The van der Waals surface area contributed by atoms with Crippen LogP contribution >= 0.6 is 24.4 Å². The molecule has 0 heterocycles. The van der Waals surface area contributed by atoms with Gasteiger partial charge in [-0.1, -0.05) is 36.6 Å². The van der Waals surface area contributed by atoms with Crippen LogP contribution in [0.15, 0.2) is 24.3 Å². The van der Waals surface area contributed by atoms with Gasteiger partial charge in [0.25, 0.3) is 0 Å². The lowest BCUT2D eigenvalue weighted by Gasteiger charge is -2.05. The van der Waals surface area contributed by atoms with Crippen LogP contribution in [0.4, 0.5) is 11.4 Å². The Morgan fingerprint density at radius 1 is 0.917 bits per heavy atom. The summed E-state index contributed by atoms with van der Waals surface area (Å²) in [5.74, 6) is 0. The van der Waals surface area contributed by atoms with Gasteiger partial charge in [-0.25, -0.2) is 0 Å². The minimum atomic E-state index is 0.838. The Hall–Kier alpha value is -1.00. The van der Waals surface area contributed by atoms with Gasteiger partial charge in [-0.2, -0.15) is 0 Å². The second-order valence-corrected chi connectivity index (χ2v) is 2.41. The summed E-state index contributed by atoms with van der Waals surface area (Å²) < 4.78 is 0. The van der Waals surface area contributed by atoms with Crippen LogP contribution in [0, 0.1) is 0 Å². The highest BCUT2D eigenvalue weighted by molar-refractivity contribution is 7.79. The molecule has 0 aromatic heterocycles. The molecule has 2 nitrogen and oxygen atoms in total. The number of thiocarbonyl (C=S) groups is 2. The molecule has 0 aliphatic heterocycles. The van der Waals surface area contributed by atoms with Crippen molar-refractivity contribution >= 4 is 46.8 Å². The van der Waals surface area contributed by atoms with Crippen molar-refractivity contribution in [1.29, 1.82) is 0 Å². The van der Waals surface area contributed by atoms with Gasteiger partial charge in [0.05, 0.1) is 11.4 Å². The second kappa shape index (κ2) is 4.79. The van der Waals surface area contributed by atoms with Crippen LogP contribution in [0.1, 0.15) is 0 Å². The third-order valence-electron chi connectivity index (χ3n) is 1.30. The fourth-order valence-corrected chi connectivity index (χ4v) is 1.03. The van der Waals surface area contributed by atoms with E-state index in [0.717, 1.165) is 11.4 Å². The molecule has 12 heavy (non-hydrogen) atoms. The SMILES string of the molecule is S=[C]Nc1ccccc1N[C]=S. The summed E-state index contributed by atoms with van der Waals surface area (Å²) in [5, 5.41) is 5.55. The van der Waals surface area contributed by atoms with Crippen molar-refractivity contribution in [3.63, 3.8) is 0 Å². The molecule has 0 saturated heterocycles. The van der Waals surface area contributed by atoms with E-state index < -0.39 is 0 Å². The number of hydrogen-bond donors (Lipinski definition) is 2. The first-order valence-electron chi connectivity index (χ1n) is 3.24. The normalized spacial score (nSPS) is 8.67. The number of benzene rings is 1. The van der Waals surface area contributed by atoms with E-state index in [0.29, 0.717) is 0 Å². The zero-order valence-corrected chi connectivity index (χ0v) is 7.76. The molecule has 0 fully saturated rings. The molecule has 0 amide bonds. The number of nitrogens with one attached hydrogen (secondary N) is 2. The van der Waals surface area contributed by atoms with Crippen LogP contribution in [0.25, 0.3) is 0 Å². The van der Waals surface area contributed by atoms with E-state index in [9.17, 15) is 0 Å². The number of rotatable bonds is 4. The third kappa shape index (κ3) is 2.25. The van der Waals surface area contributed by atoms with Crippen molar-refractivity contribution in [2.75, 3.05) is 10.6 Å². The van der Waals surface area contributed by atoms with E-state index in [2.05, 4.69) is 46.1 Å². The predicted molar refractivity (Wildman–Crippen MR) is 58.9 cm³/mol. The first kappa shape index (κ1) is 9.09. The molecule has 0 spiro atoms. The van der Waals surface area contributed by atoms with Gasteiger partial charge >= 0.3 is 0 Å². The summed E-state index contributed by atoms with van der Waals surface area (Å²) in [6.07, 6.45) is 0. The zero-order valence-electron chi connectivity index (χ0n) is 6.13. The number of anilines is 2. The van der Waals surface area contributed by atoms with E-state index in [1.165, 1.54) is 0 Å². The quantitative estimate of drug-likeness (QED) is 0.566. The standard InChI is InChI=1S/C8H6N2S2/c11-5-9-7-3-1-2-4-8(7)10-6-12/h1-4H,(H,9,11)(H,10,12). The minimum absolute atomic E-state index is 0.838.